The topological polar surface area (TPSA) is 115 Å². The maximum Gasteiger partial charge on any atom is 0.342 e. The summed E-state index contributed by atoms with van der Waals surface area (Å²) in [4.78, 5) is 30.1. The highest BCUT2D eigenvalue weighted by molar-refractivity contribution is 6.05. The van der Waals surface area contributed by atoms with Crippen LogP contribution in [0.2, 0.25) is 0 Å². The number of fused-ring (bicyclic) bond motifs is 1. The van der Waals surface area contributed by atoms with Gasteiger partial charge in [-0.1, -0.05) is 30.3 Å². The van der Waals surface area contributed by atoms with Gasteiger partial charge in [-0.25, -0.2) is 10.3 Å². The molecule has 144 valence electrons. The summed E-state index contributed by atoms with van der Waals surface area (Å²) in [6.07, 6.45) is 1.64. The Labute approximate surface area is 161 Å². The fourth-order valence-corrected chi connectivity index (χ4v) is 2.89. The normalized spacial score (nSPS) is 10.5. The third kappa shape index (κ3) is 4.43. The number of anilines is 1. The molecule has 28 heavy (non-hydrogen) atoms. The predicted octanol–water partition coefficient (Wildman–Crippen LogP) is 2.38. The van der Waals surface area contributed by atoms with Crippen LogP contribution < -0.4 is 10.8 Å². The molecule has 1 aromatic heterocycles. The van der Waals surface area contributed by atoms with Crippen LogP contribution in [0.4, 0.5) is 10.5 Å². The van der Waals surface area contributed by atoms with Gasteiger partial charge >= 0.3 is 6.03 Å². The average molecular weight is 380 g/mol. The van der Waals surface area contributed by atoms with Gasteiger partial charge in [0.15, 0.2) is 0 Å². The van der Waals surface area contributed by atoms with Gasteiger partial charge in [0.2, 0.25) is 0 Å². The van der Waals surface area contributed by atoms with Crippen molar-refractivity contribution in [2.45, 2.75) is 6.54 Å². The number of hydroxylamine groups is 1. The zero-order chi connectivity index (χ0) is 19.9. The van der Waals surface area contributed by atoms with E-state index in [0.717, 1.165) is 10.9 Å². The molecule has 0 atom stereocenters. The largest absolute Gasteiger partial charge is 0.395 e. The lowest BCUT2D eigenvalue weighted by Gasteiger charge is -2.22. The Morgan fingerprint density at radius 2 is 1.79 bits per heavy atom. The summed E-state index contributed by atoms with van der Waals surface area (Å²) in [6, 6.07) is 15.2. The van der Waals surface area contributed by atoms with Gasteiger partial charge in [0.1, 0.15) is 0 Å². The molecule has 0 aliphatic carbocycles. The highest BCUT2D eigenvalue weighted by Crippen LogP contribution is 2.19. The lowest BCUT2D eigenvalue weighted by molar-refractivity contribution is 0.0709. The molecular weight excluding hydrogens is 360 g/mol. The molecule has 4 N–H and O–H groups in total. The Morgan fingerprint density at radius 1 is 1.04 bits per heavy atom. The second kappa shape index (κ2) is 8.94. The average Bonchev–Trinajstić information content (AvgIpc) is 2.73. The van der Waals surface area contributed by atoms with E-state index < -0.39 is 6.03 Å². The summed E-state index contributed by atoms with van der Waals surface area (Å²) in [6.45, 7) is 0.296. The third-order valence-electron chi connectivity index (χ3n) is 4.21. The number of carbonyl (C=O) groups is 2. The maximum absolute atomic E-state index is 13.1. The Hall–Kier alpha value is -3.49. The molecule has 0 aliphatic heterocycles. The van der Waals surface area contributed by atoms with Crippen molar-refractivity contribution >= 4 is 28.5 Å². The third-order valence-corrected chi connectivity index (χ3v) is 4.21. The second-order valence-corrected chi connectivity index (χ2v) is 6.09. The zero-order valence-electron chi connectivity index (χ0n) is 15.0. The number of para-hydroxylation sites is 1. The van der Waals surface area contributed by atoms with Gasteiger partial charge in [-0.2, -0.15) is 0 Å². The van der Waals surface area contributed by atoms with Crippen LogP contribution in [-0.2, 0) is 6.54 Å². The van der Waals surface area contributed by atoms with Gasteiger partial charge in [-0.3, -0.25) is 15.0 Å². The first-order valence-electron chi connectivity index (χ1n) is 8.66. The van der Waals surface area contributed by atoms with Crippen molar-refractivity contribution in [2.24, 2.45) is 0 Å². The van der Waals surface area contributed by atoms with Crippen LogP contribution in [0.25, 0.3) is 10.9 Å². The van der Waals surface area contributed by atoms with Crippen LogP contribution in [0.1, 0.15) is 15.9 Å². The van der Waals surface area contributed by atoms with E-state index in [4.69, 9.17) is 5.21 Å². The molecular formula is C20H20N4O4. The van der Waals surface area contributed by atoms with Crippen molar-refractivity contribution in [3.8, 4) is 0 Å². The number of aromatic nitrogens is 1. The van der Waals surface area contributed by atoms with Crippen molar-refractivity contribution in [3.05, 3.63) is 71.9 Å². The second-order valence-electron chi connectivity index (χ2n) is 6.09. The molecule has 0 bridgehead atoms. The smallest absolute Gasteiger partial charge is 0.342 e. The predicted molar refractivity (Wildman–Crippen MR) is 104 cm³/mol. The Bertz CT molecular complexity index is 970. The van der Waals surface area contributed by atoms with Crippen LogP contribution in [0.5, 0.6) is 0 Å². The SMILES string of the molecule is O=C(NO)Nc1ccc(CN(CCO)C(=O)c2cccc3cccnc23)cc1. The number of aliphatic hydroxyl groups excluding tert-OH is 1. The standard InChI is InChI=1S/C20H20N4O4/c25-12-11-24(13-14-6-8-16(9-7-14)22-20(27)23-28)19(26)17-5-1-3-15-4-2-10-21-18(15)17/h1-10,25,28H,11-13H2,(H2,22,23,27). The van der Waals surface area contributed by atoms with E-state index in [2.05, 4.69) is 10.3 Å². The van der Waals surface area contributed by atoms with Gasteiger partial charge in [-0.05, 0) is 29.8 Å². The first-order chi connectivity index (χ1) is 13.6. The molecule has 0 spiro atoms. The van der Waals surface area contributed by atoms with Crippen molar-refractivity contribution in [2.75, 3.05) is 18.5 Å². The maximum atomic E-state index is 13.1. The van der Waals surface area contributed by atoms with Crippen LogP contribution >= 0.6 is 0 Å². The number of amides is 3. The van der Waals surface area contributed by atoms with Crippen molar-refractivity contribution in [1.29, 1.82) is 0 Å². The molecule has 1 heterocycles. The van der Waals surface area contributed by atoms with Crippen LogP contribution in [0.15, 0.2) is 60.8 Å². The number of rotatable bonds is 6. The van der Waals surface area contributed by atoms with Gasteiger partial charge in [0, 0.05) is 30.4 Å². The fraction of sp³-hybridized carbons (Fsp3) is 0.150. The summed E-state index contributed by atoms with van der Waals surface area (Å²) in [7, 11) is 0. The van der Waals surface area contributed by atoms with Gasteiger partial charge < -0.3 is 15.3 Å². The highest BCUT2D eigenvalue weighted by Gasteiger charge is 2.18. The van der Waals surface area contributed by atoms with Gasteiger partial charge in [0.25, 0.3) is 5.91 Å². The minimum atomic E-state index is -0.742. The van der Waals surface area contributed by atoms with E-state index in [9.17, 15) is 14.7 Å². The molecule has 2 aromatic carbocycles. The molecule has 3 rings (SSSR count). The summed E-state index contributed by atoms with van der Waals surface area (Å²) >= 11 is 0. The number of benzene rings is 2. The van der Waals surface area contributed by atoms with E-state index in [0.29, 0.717) is 16.8 Å². The fourth-order valence-electron chi connectivity index (χ4n) is 2.89. The highest BCUT2D eigenvalue weighted by atomic mass is 16.5. The summed E-state index contributed by atoms with van der Waals surface area (Å²) in [5, 5.41) is 21.3. The number of urea groups is 1. The number of carbonyl (C=O) groups excluding carboxylic acids is 2. The summed E-state index contributed by atoms with van der Waals surface area (Å²) < 4.78 is 0. The zero-order valence-corrected chi connectivity index (χ0v) is 15.0. The van der Waals surface area contributed by atoms with Crippen molar-refractivity contribution in [1.82, 2.24) is 15.4 Å². The van der Waals surface area contributed by atoms with E-state index in [1.165, 1.54) is 5.48 Å². The minimum Gasteiger partial charge on any atom is -0.395 e. The van der Waals surface area contributed by atoms with E-state index >= 15 is 0 Å². The lowest BCUT2D eigenvalue weighted by atomic mass is 10.1. The van der Waals surface area contributed by atoms with Gasteiger partial charge in [0.05, 0.1) is 17.7 Å². The van der Waals surface area contributed by atoms with Crippen LogP contribution in [0, 0.1) is 0 Å². The summed E-state index contributed by atoms with van der Waals surface area (Å²) in [5.74, 6) is -0.222. The monoisotopic (exact) mass is 380 g/mol. The first kappa shape index (κ1) is 19.3. The first-order valence-corrected chi connectivity index (χ1v) is 8.66. The Morgan fingerprint density at radius 3 is 2.50 bits per heavy atom. The minimum absolute atomic E-state index is 0.166. The quantitative estimate of drug-likeness (QED) is 0.387. The molecule has 0 saturated heterocycles. The van der Waals surface area contributed by atoms with Crippen molar-refractivity contribution < 1.29 is 19.9 Å². The number of hydrogen-bond donors (Lipinski definition) is 4. The number of pyridine rings is 1. The molecule has 8 heteroatoms. The number of aliphatic hydroxyl groups is 1. The molecule has 3 amide bonds. The number of nitrogens with one attached hydrogen (secondary N) is 2. The summed E-state index contributed by atoms with van der Waals surface area (Å²) in [5.41, 5.74) is 3.90. The number of hydrogen-bond acceptors (Lipinski definition) is 5. The van der Waals surface area contributed by atoms with E-state index in [1.807, 2.05) is 18.2 Å². The molecule has 3 aromatic rings. The molecule has 0 aliphatic rings. The molecule has 0 unspecified atom stereocenters. The van der Waals surface area contributed by atoms with Crippen molar-refractivity contribution in [3.63, 3.8) is 0 Å². The van der Waals surface area contributed by atoms with Crippen LogP contribution in [0.3, 0.4) is 0 Å². The van der Waals surface area contributed by atoms with Crippen LogP contribution in [-0.4, -0.2) is 45.3 Å². The number of nitrogens with zero attached hydrogens (tertiary/aromatic N) is 2. The molecule has 0 saturated carbocycles. The Balaban J connectivity index is 1.81. The molecule has 8 nitrogen and oxygen atoms in total. The lowest BCUT2D eigenvalue weighted by Crippen LogP contribution is -2.33. The Kier molecular flexibility index (Phi) is 6.15. The van der Waals surface area contributed by atoms with E-state index in [1.54, 1.807) is 47.5 Å². The van der Waals surface area contributed by atoms with E-state index in [-0.39, 0.29) is 25.6 Å². The van der Waals surface area contributed by atoms with Gasteiger partial charge in [-0.15, -0.1) is 0 Å². The molecule has 0 fully saturated rings. The molecule has 0 radical (unpaired) electrons.